The Labute approximate surface area is 65.0 Å². The van der Waals surface area contributed by atoms with Crippen molar-refractivity contribution in [3.63, 3.8) is 0 Å². The van der Waals surface area contributed by atoms with Crippen LogP contribution < -0.4 is 5.32 Å². The topological polar surface area (TPSA) is 12.0 Å². The third-order valence-electron chi connectivity index (χ3n) is 1.77. The number of rotatable bonds is 0. The van der Waals surface area contributed by atoms with Gasteiger partial charge in [-0.15, -0.1) is 11.6 Å². The molecule has 0 spiro atoms. The Morgan fingerprint density at radius 3 is 3.00 bits per heavy atom. The van der Waals surface area contributed by atoms with Crippen molar-refractivity contribution in [1.82, 2.24) is 0 Å². The molecule has 2 rings (SSSR count). The minimum absolute atomic E-state index is 0.163. The Morgan fingerprint density at radius 1 is 1.40 bits per heavy atom. The lowest BCUT2D eigenvalue weighted by Gasteiger charge is -1.97. The Balaban J connectivity index is 2.51. The molecule has 1 aliphatic rings. The zero-order valence-corrected chi connectivity index (χ0v) is 6.23. The second kappa shape index (κ2) is 2.17. The number of alkyl halides is 1. The third-order valence-corrected chi connectivity index (χ3v) is 2.16. The largest absolute Gasteiger partial charge is 0.383 e. The zero-order chi connectivity index (χ0) is 6.97. The normalized spacial score (nSPS) is 21.9. The van der Waals surface area contributed by atoms with E-state index in [-0.39, 0.29) is 5.38 Å². The monoisotopic (exact) mass is 153 g/mol. The number of anilines is 1. The molecular formula is C8H8ClN. The summed E-state index contributed by atoms with van der Waals surface area (Å²) in [5, 5.41) is 3.38. The summed E-state index contributed by atoms with van der Waals surface area (Å²) in [6.45, 7) is 0.862. The molecule has 1 heterocycles. The van der Waals surface area contributed by atoms with E-state index >= 15 is 0 Å². The van der Waals surface area contributed by atoms with Gasteiger partial charge >= 0.3 is 0 Å². The predicted molar refractivity (Wildman–Crippen MR) is 43.5 cm³/mol. The smallest absolute Gasteiger partial charge is 0.0777 e. The van der Waals surface area contributed by atoms with Crippen molar-refractivity contribution < 1.29 is 0 Å². The molecule has 10 heavy (non-hydrogen) atoms. The van der Waals surface area contributed by atoms with Gasteiger partial charge in [0.2, 0.25) is 0 Å². The highest BCUT2D eigenvalue weighted by Crippen LogP contribution is 2.33. The van der Waals surface area contributed by atoms with Gasteiger partial charge in [0, 0.05) is 12.2 Å². The molecular weight excluding hydrogens is 146 g/mol. The molecule has 0 amide bonds. The van der Waals surface area contributed by atoms with Crippen molar-refractivity contribution in [2.45, 2.75) is 5.38 Å². The quantitative estimate of drug-likeness (QED) is 0.565. The molecule has 1 aliphatic heterocycles. The Bertz CT molecular complexity index is 247. The third kappa shape index (κ3) is 0.781. The van der Waals surface area contributed by atoms with E-state index in [4.69, 9.17) is 11.6 Å². The van der Waals surface area contributed by atoms with Crippen LogP contribution in [0.2, 0.25) is 0 Å². The summed E-state index contributed by atoms with van der Waals surface area (Å²) in [6, 6.07) is 8.15. The molecule has 0 saturated heterocycles. The summed E-state index contributed by atoms with van der Waals surface area (Å²) in [7, 11) is 0. The maximum Gasteiger partial charge on any atom is 0.0777 e. The first-order valence-corrected chi connectivity index (χ1v) is 3.78. The van der Waals surface area contributed by atoms with Gasteiger partial charge in [0.05, 0.1) is 5.38 Å². The standard InChI is InChI=1S/C8H8ClN/c9-7-5-10-8-4-2-1-3-6(7)8/h1-4,7,10H,5H2. The van der Waals surface area contributed by atoms with Gasteiger partial charge in [-0.25, -0.2) is 0 Å². The molecule has 1 aromatic rings. The summed E-state index contributed by atoms with van der Waals surface area (Å²) in [5.74, 6) is 0. The summed E-state index contributed by atoms with van der Waals surface area (Å²) in [5.41, 5.74) is 2.41. The van der Waals surface area contributed by atoms with E-state index in [1.54, 1.807) is 0 Å². The summed E-state index contributed by atoms with van der Waals surface area (Å²) in [6.07, 6.45) is 0. The van der Waals surface area contributed by atoms with Crippen LogP contribution in [0.4, 0.5) is 5.69 Å². The van der Waals surface area contributed by atoms with Gasteiger partial charge in [-0.1, -0.05) is 18.2 Å². The maximum absolute atomic E-state index is 5.98. The molecule has 1 unspecified atom stereocenters. The van der Waals surface area contributed by atoms with E-state index in [0.29, 0.717) is 0 Å². The van der Waals surface area contributed by atoms with Crippen LogP contribution in [-0.4, -0.2) is 6.54 Å². The van der Waals surface area contributed by atoms with Gasteiger partial charge in [0.1, 0.15) is 0 Å². The molecule has 1 aromatic carbocycles. The highest BCUT2D eigenvalue weighted by molar-refractivity contribution is 6.22. The van der Waals surface area contributed by atoms with E-state index in [1.165, 1.54) is 11.3 Å². The van der Waals surface area contributed by atoms with E-state index in [1.807, 2.05) is 12.1 Å². The molecule has 0 saturated carbocycles. The SMILES string of the molecule is ClC1CNc2ccccc21. The molecule has 52 valence electrons. The van der Waals surface area contributed by atoms with Crippen LogP contribution in [0.3, 0.4) is 0 Å². The summed E-state index contributed by atoms with van der Waals surface area (Å²) in [4.78, 5) is 0. The number of para-hydroxylation sites is 1. The van der Waals surface area contributed by atoms with Crippen LogP contribution in [0.25, 0.3) is 0 Å². The second-order valence-corrected chi connectivity index (χ2v) is 2.96. The van der Waals surface area contributed by atoms with Crippen molar-refractivity contribution in [1.29, 1.82) is 0 Å². The summed E-state index contributed by atoms with van der Waals surface area (Å²) >= 11 is 5.98. The molecule has 0 aliphatic carbocycles. The average Bonchev–Trinajstić information content (AvgIpc) is 2.34. The van der Waals surface area contributed by atoms with Crippen LogP contribution >= 0.6 is 11.6 Å². The van der Waals surface area contributed by atoms with Gasteiger partial charge < -0.3 is 5.32 Å². The molecule has 0 bridgehead atoms. The number of hydrogen-bond acceptors (Lipinski definition) is 1. The lowest BCUT2D eigenvalue weighted by atomic mass is 10.2. The van der Waals surface area contributed by atoms with E-state index in [2.05, 4.69) is 17.4 Å². The van der Waals surface area contributed by atoms with Gasteiger partial charge in [0.15, 0.2) is 0 Å². The van der Waals surface area contributed by atoms with Gasteiger partial charge in [-0.3, -0.25) is 0 Å². The fourth-order valence-electron chi connectivity index (χ4n) is 1.24. The Hall–Kier alpha value is -0.690. The molecule has 2 heteroatoms. The van der Waals surface area contributed by atoms with Crippen molar-refractivity contribution in [3.05, 3.63) is 29.8 Å². The van der Waals surface area contributed by atoms with Crippen LogP contribution in [0.15, 0.2) is 24.3 Å². The summed E-state index contributed by atoms with van der Waals surface area (Å²) < 4.78 is 0. The average molecular weight is 154 g/mol. The predicted octanol–water partition coefficient (Wildman–Crippen LogP) is 2.39. The molecule has 0 fully saturated rings. The van der Waals surface area contributed by atoms with Gasteiger partial charge in [-0.05, 0) is 11.6 Å². The van der Waals surface area contributed by atoms with Gasteiger partial charge in [-0.2, -0.15) is 0 Å². The number of halogens is 1. The zero-order valence-electron chi connectivity index (χ0n) is 5.47. The van der Waals surface area contributed by atoms with Crippen molar-refractivity contribution in [2.24, 2.45) is 0 Å². The lowest BCUT2D eigenvalue weighted by Crippen LogP contribution is -1.93. The Kier molecular flexibility index (Phi) is 1.31. The molecule has 0 radical (unpaired) electrons. The number of fused-ring (bicyclic) bond motifs is 1. The van der Waals surface area contributed by atoms with Crippen molar-refractivity contribution in [3.8, 4) is 0 Å². The fourth-order valence-corrected chi connectivity index (χ4v) is 1.51. The highest BCUT2D eigenvalue weighted by Gasteiger charge is 2.17. The molecule has 1 N–H and O–H groups in total. The minimum Gasteiger partial charge on any atom is -0.383 e. The first-order valence-electron chi connectivity index (χ1n) is 3.35. The lowest BCUT2D eigenvalue weighted by molar-refractivity contribution is 1.06. The minimum atomic E-state index is 0.163. The van der Waals surface area contributed by atoms with Crippen LogP contribution in [0.5, 0.6) is 0 Å². The highest BCUT2D eigenvalue weighted by atomic mass is 35.5. The first kappa shape index (κ1) is 6.05. The van der Waals surface area contributed by atoms with Crippen molar-refractivity contribution in [2.75, 3.05) is 11.9 Å². The van der Waals surface area contributed by atoms with Crippen LogP contribution in [0, 0.1) is 0 Å². The Morgan fingerprint density at radius 2 is 2.20 bits per heavy atom. The van der Waals surface area contributed by atoms with Crippen LogP contribution in [-0.2, 0) is 0 Å². The molecule has 1 atom stereocenters. The van der Waals surface area contributed by atoms with E-state index in [9.17, 15) is 0 Å². The van der Waals surface area contributed by atoms with Gasteiger partial charge in [0.25, 0.3) is 0 Å². The molecule has 0 aromatic heterocycles. The first-order chi connectivity index (χ1) is 4.88. The number of hydrogen-bond donors (Lipinski definition) is 1. The number of nitrogens with one attached hydrogen (secondary N) is 1. The van der Waals surface area contributed by atoms with Crippen LogP contribution in [0.1, 0.15) is 10.9 Å². The second-order valence-electron chi connectivity index (χ2n) is 2.44. The number of benzene rings is 1. The fraction of sp³-hybridized carbons (Fsp3) is 0.250. The van der Waals surface area contributed by atoms with E-state index in [0.717, 1.165) is 6.54 Å². The maximum atomic E-state index is 5.98. The van der Waals surface area contributed by atoms with E-state index < -0.39 is 0 Å². The van der Waals surface area contributed by atoms with Crippen molar-refractivity contribution >= 4 is 17.3 Å². The molecule has 1 nitrogen and oxygen atoms in total.